The first-order valence-corrected chi connectivity index (χ1v) is 6.09. The SMILES string of the molecule is Cc1cc(Cl)ncc1NCc1cccc(C)c1O. The van der Waals surface area contributed by atoms with Gasteiger partial charge in [0.05, 0.1) is 11.9 Å². The van der Waals surface area contributed by atoms with E-state index in [1.165, 1.54) is 0 Å². The Balaban J connectivity index is 2.14. The average Bonchev–Trinajstić information content (AvgIpc) is 2.33. The summed E-state index contributed by atoms with van der Waals surface area (Å²) in [5.74, 6) is 0.338. The Morgan fingerprint density at radius 1 is 1.28 bits per heavy atom. The lowest BCUT2D eigenvalue weighted by molar-refractivity contribution is 0.465. The molecule has 0 aliphatic rings. The first-order valence-electron chi connectivity index (χ1n) is 5.71. The number of nitrogens with one attached hydrogen (secondary N) is 1. The highest BCUT2D eigenvalue weighted by atomic mass is 35.5. The molecule has 0 aliphatic heterocycles. The van der Waals surface area contributed by atoms with Gasteiger partial charge in [-0.1, -0.05) is 29.8 Å². The van der Waals surface area contributed by atoms with Crippen LogP contribution >= 0.6 is 11.6 Å². The molecule has 0 saturated heterocycles. The number of rotatable bonds is 3. The fraction of sp³-hybridized carbons (Fsp3) is 0.214. The first-order chi connectivity index (χ1) is 8.58. The molecule has 2 rings (SSSR count). The third-order valence-corrected chi connectivity index (χ3v) is 3.07. The van der Waals surface area contributed by atoms with Gasteiger partial charge in [0.25, 0.3) is 0 Å². The molecule has 2 N–H and O–H groups in total. The molecule has 0 radical (unpaired) electrons. The number of benzene rings is 1. The Morgan fingerprint density at radius 3 is 2.78 bits per heavy atom. The number of hydrogen-bond acceptors (Lipinski definition) is 3. The van der Waals surface area contributed by atoms with Crippen molar-refractivity contribution in [2.45, 2.75) is 20.4 Å². The van der Waals surface area contributed by atoms with Crippen molar-refractivity contribution in [3.8, 4) is 5.75 Å². The summed E-state index contributed by atoms with van der Waals surface area (Å²) < 4.78 is 0. The van der Waals surface area contributed by atoms with Crippen molar-refractivity contribution in [2.75, 3.05) is 5.32 Å². The molecule has 0 aliphatic carbocycles. The summed E-state index contributed by atoms with van der Waals surface area (Å²) in [7, 11) is 0. The van der Waals surface area contributed by atoms with E-state index in [4.69, 9.17) is 11.6 Å². The summed E-state index contributed by atoms with van der Waals surface area (Å²) in [6.45, 7) is 4.40. The second-order valence-electron chi connectivity index (χ2n) is 4.26. The number of para-hydroxylation sites is 1. The van der Waals surface area contributed by atoms with Gasteiger partial charge in [0.2, 0.25) is 0 Å². The van der Waals surface area contributed by atoms with Gasteiger partial charge in [0.15, 0.2) is 0 Å². The summed E-state index contributed by atoms with van der Waals surface area (Å²) >= 11 is 5.80. The van der Waals surface area contributed by atoms with Gasteiger partial charge < -0.3 is 10.4 Å². The highest BCUT2D eigenvalue weighted by Gasteiger charge is 2.05. The van der Waals surface area contributed by atoms with Gasteiger partial charge >= 0.3 is 0 Å². The number of phenolic OH excluding ortho intramolecular Hbond substituents is 1. The predicted octanol–water partition coefficient (Wildman–Crippen LogP) is 3.67. The van der Waals surface area contributed by atoms with Crippen molar-refractivity contribution in [3.05, 3.63) is 52.3 Å². The van der Waals surface area contributed by atoms with Gasteiger partial charge in [-0.2, -0.15) is 0 Å². The van der Waals surface area contributed by atoms with Crippen LogP contribution in [0, 0.1) is 13.8 Å². The van der Waals surface area contributed by atoms with Crippen LogP contribution in [0.15, 0.2) is 30.5 Å². The smallest absolute Gasteiger partial charge is 0.129 e. The molecule has 0 atom stereocenters. The molecular weight excluding hydrogens is 248 g/mol. The molecule has 1 heterocycles. The Kier molecular flexibility index (Phi) is 3.72. The molecule has 0 bridgehead atoms. The first kappa shape index (κ1) is 12.7. The van der Waals surface area contributed by atoms with E-state index in [1.54, 1.807) is 12.3 Å². The van der Waals surface area contributed by atoms with Crippen molar-refractivity contribution < 1.29 is 5.11 Å². The Hall–Kier alpha value is -1.74. The minimum Gasteiger partial charge on any atom is -0.507 e. The van der Waals surface area contributed by atoms with Crippen LogP contribution in [0.5, 0.6) is 5.75 Å². The van der Waals surface area contributed by atoms with Crippen molar-refractivity contribution in [1.82, 2.24) is 4.98 Å². The summed E-state index contributed by atoms with van der Waals surface area (Å²) in [5.41, 5.74) is 3.69. The fourth-order valence-electron chi connectivity index (χ4n) is 1.76. The second-order valence-corrected chi connectivity index (χ2v) is 4.65. The van der Waals surface area contributed by atoms with Crippen LogP contribution in [-0.2, 0) is 6.54 Å². The maximum atomic E-state index is 9.91. The van der Waals surface area contributed by atoms with E-state index in [9.17, 15) is 5.11 Å². The lowest BCUT2D eigenvalue weighted by Crippen LogP contribution is -2.02. The van der Waals surface area contributed by atoms with E-state index < -0.39 is 0 Å². The Labute approximate surface area is 111 Å². The fourth-order valence-corrected chi connectivity index (χ4v) is 1.97. The van der Waals surface area contributed by atoms with E-state index in [0.717, 1.165) is 22.4 Å². The van der Waals surface area contributed by atoms with E-state index in [-0.39, 0.29) is 0 Å². The van der Waals surface area contributed by atoms with Crippen LogP contribution in [0.1, 0.15) is 16.7 Å². The summed E-state index contributed by atoms with van der Waals surface area (Å²) in [6, 6.07) is 7.51. The van der Waals surface area contributed by atoms with E-state index in [2.05, 4.69) is 10.3 Å². The van der Waals surface area contributed by atoms with Gasteiger partial charge in [-0.25, -0.2) is 4.98 Å². The highest BCUT2D eigenvalue weighted by Crippen LogP contribution is 2.23. The average molecular weight is 263 g/mol. The molecule has 94 valence electrons. The van der Waals surface area contributed by atoms with Crippen LogP contribution < -0.4 is 5.32 Å². The van der Waals surface area contributed by atoms with E-state index in [0.29, 0.717) is 17.4 Å². The molecule has 4 heteroatoms. The largest absolute Gasteiger partial charge is 0.507 e. The number of anilines is 1. The van der Waals surface area contributed by atoms with Gasteiger partial charge in [-0.15, -0.1) is 0 Å². The Bertz CT molecular complexity index is 570. The minimum absolute atomic E-state index is 0.338. The molecule has 0 unspecified atom stereocenters. The molecule has 0 spiro atoms. The van der Waals surface area contributed by atoms with Gasteiger partial charge in [-0.05, 0) is 31.0 Å². The van der Waals surface area contributed by atoms with Gasteiger partial charge in [-0.3, -0.25) is 0 Å². The van der Waals surface area contributed by atoms with Crippen LogP contribution in [-0.4, -0.2) is 10.1 Å². The van der Waals surface area contributed by atoms with Crippen LogP contribution in [0.2, 0.25) is 5.15 Å². The lowest BCUT2D eigenvalue weighted by Gasteiger charge is -2.11. The zero-order valence-corrected chi connectivity index (χ0v) is 11.1. The number of hydrogen-bond donors (Lipinski definition) is 2. The quantitative estimate of drug-likeness (QED) is 0.830. The molecule has 1 aromatic carbocycles. The van der Waals surface area contributed by atoms with E-state index in [1.807, 2.05) is 32.0 Å². The summed E-state index contributed by atoms with van der Waals surface area (Å²) in [6.07, 6.45) is 1.70. The highest BCUT2D eigenvalue weighted by molar-refractivity contribution is 6.29. The molecule has 1 aromatic heterocycles. The summed E-state index contributed by atoms with van der Waals surface area (Å²) in [5, 5.41) is 13.6. The standard InChI is InChI=1S/C14H15ClN2O/c1-9-4-3-5-11(14(9)18)7-16-12-8-17-13(15)6-10(12)2/h3-6,8,16,18H,7H2,1-2H3. The number of phenols is 1. The number of aryl methyl sites for hydroxylation is 2. The van der Waals surface area contributed by atoms with Crippen molar-refractivity contribution >= 4 is 17.3 Å². The molecule has 2 aromatic rings. The number of nitrogens with zero attached hydrogens (tertiary/aromatic N) is 1. The van der Waals surface area contributed by atoms with Gasteiger partial charge in [0.1, 0.15) is 10.9 Å². The lowest BCUT2D eigenvalue weighted by atomic mass is 10.1. The van der Waals surface area contributed by atoms with Crippen molar-refractivity contribution in [1.29, 1.82) is 0 Å². The van der Waals surface area contributed by atoms with Crippen molar-refractivity contribution in [3.63, 3.8) is 0 Å². The number of aromatic hydroxyl groups is 1. The topological polar surface area (TPSA) is 45.2 Å². The number of pyridine rings is 1. The number of aromatic nitrogens is 1. The Morgan fingerprint density at radius 2 is 2.06 bits per heavy atom. The molecule has 0 amide bonds. The summed E-state index contributed by atoms with van der Waals surface area (Å²) in [4.78, 5) is 4.03. The molecular formula is C14H15ClN2O. The normalized spacial score (nSPS) is 10.4. The van der Waals surface area contributed by atoms with Crippen LogP contribution in [0.4, 0.5) is 5.69 Å². The molecule has 3 nitrogen and oxygen atoms in total. The third kappa shape index (κ3) is 2.74. The van der Waals surface area contributed by atoms with E-state index >= 15 is 0 Å². The molecule has 0 saturated carbocycles. The zero-order chi connectivity index (χ0) is 13.1. The van der Waals surface area contributed by atoms with Crippen LogP contribution in [0.25, 0.3) is 0 Å². The second kappa shape index (κ2) is 5.27. The van der Waals surface area contributed by atoms with Crippen LogP contribution in [0.3, 0.4) is 0 Å². The van der Waals surface area contributed by atoms with Gasteiger partial charge in [0, 0.05) is 12.1 Å². The third-order valence-electron chi connectivity index (χ3n) is 2.87. The maximum Gasteiger partial charge on any atom is 0.129 e. The number of halogens is 1. The monoisotopic (exact) mass is 262 g/mol. The molecule has 0 fully saturated rings. The molecule has 18 heavy (non-hydrogen) atoms. The van der Waals surface area contributed by atoms with Crippen molar-refractivity contribution in [2.24, 2.45) is 0 Å². The predicted molar refractivity (Wildman–Crippen MR) is 74.2 cm³/mol. The zero-order valence-electron chi connectivity index (χ0n) is 10.4. The minimum atomic E-state index is 0.338. The maximum absolute atomic E-state index is 9.91.